The van der Waals surface area contributed by atoms with E-state index < -0.39 is 9.05 Å². The molecule has 6 heteroatoms. The highest BCUT2D eigenvalue weighted by molar-refractivity contribution is 8.13. The van der Waals surface area contributed by atoms with Crippen LogP contribution in [-0.2, 0) is 15.6 Å². The van der Waals surface area contributed by atoms with Gasteiger partial charge in [-0.3, -0.25) is 0 Å². The van der Waals surface area contributed by atoms with E-state index in [1.54, 1.807) is 4.57 Å². The summed E-state index contributed by atoms with van der Waals surface area (Å²) in [6.45, 7) is 2.74. The lowest BCUT2D eigenvalue weighted by Gasteiger charge is -2.20. The van der Waals surface area contributed by atoms with Crippen molar-refractivity contribution in [2.45, 2.75) is 37.3 Å². The highest BCUT2D eigenvalue weighted by atomic mass is 35.7. The molecule has 14 heavy (non-hydrogen) atoms. The lowest BCUT2D eigenvalue weighted by Crippen LogP contribution is -2.16. The standard InChI is InChI=1S/C8H11ClN2O2S/c1-6-3-2-4-11-7(14(9,12)13)5-10-8(6)11/h5-6H,2-4H2,1H3. The van der Waals surface area contributed by atoms with Crippen LogP contribution in [0.2, 0.25) is 0 Å². The zero-order valence-electron chi connectivity index (χ0n) is 7.77. The molecule has 78 valence electrons. The molecule has 0 amide bonds. The second kappa shape index (κ2) is 3.24. The molecule has 0 aromatic carbocycles. The molecule has 2 rings (SSSR count). The summed E-state index contributed by atoms with van der Waals surface area (Å²) in [5.41, 5.74) is 0. The summed E-state index contributed by atoms with van der Waals surface area (Å²) in [5, 5.41) is 0.126. The number of aromatic nitrogens is 2. The van der Waals surface area contributed by atoms with Gasteiger partial charge in [-0.1, -0.05) is 6.92 Å². The number of nitrogens with zero attached hydrogens (tertiary/aromatic N) is 2. The first kappa shape index (κ1) is 9.98. The van der Waals surface area contributed by atoms with Gasteiger partial charge < -0.3 is 4.57 Å². The van der Waals surface area contributed by atoms with Crippen LogP contribution in [0.15, 0.2) is 11.2 Å². The van der Waals surface area contributed by atoms with E-state index in [1.807, 2.05) is 6.92 Å². The number of imidazole rings is 1. The average Bonchev–Trinajstić information content (AvgIpc) is 2.47. The van der Waals surface area contributed by atoms with Crippen molar-refractivity contribution in [1.82, 2.24) is 9.55 Å². The molecule has 2 heterocycles. The Morgan fingerprint density at radius 2 is 2.36 bits per heavy atom. The summed E-state index contributed by atoms with van der Waals surface area (Å²) in [4.78, 5) is 4.10. The van der Waals surface area contributed by atoms with Crippen LogP contribution in [0.1, 0.15) is 31.5 Å². The third-order valence-corrected chi connectivity index (χ3v) is 3.86. The molecule has 1 aromatic rings. The molecule has 1 aliphatic heterocycles. The van der Waals surface area contributed by atoms with Gasteiger partial charge in [0.2, 0.25) is 0 Å². The minimum Gasteiger partial charge on any atom is -0.318 e. The van der Waals surface area contributed by atoms with Gasteiger partial charge >= 0.3 is 0 Å². The molecule has 0 fully saturated rings. The van der Waals surface area contributed by atoms with E-state index in [-0.39, 0.29) is 5.03 Å². The maximum atomic E-state index is 11.2. The van der Waals surface area contributed by atoms with E-state index in [0.717, 1.165) is 18.7 Å². The van der Waals surface area contributed by atoms with Crippen LogP contribution in [0, 0.1) is 0 Å². The molecule has 4 nitrogen and oxygen atoms in total. The number of fused-ring (bicyclic) bond motifs is 1. The molecule has 1 atom stereocenters. The van der Waals surface area contributed by atoms with Gasteiger partial charge in [-0.25, -0.2) is 13.4 Å². The molecule has 1 unspecified atom stereocenters. The molecule has 0 radical (unpaired) electrons. The maximum absolute atomic E-state index is 11.2. The Morgan fingerprint density at radius 1 is 1.64 bits per heavy atom. The molecule has 0 saturated heterocycles. The van der Waals surface area contributed by atoms with Crippen molar-refractivity contribution in [3.63, 3.8) is 0 Å². The number of hydrogen-bond donors (Lipinski definition) is 0. The Morgan fingerprint density at radius 3 is 3.00 bits per heavy atom. The summed E-state index contributed by atoms with van der Waals surface area (Å²) in [6, 6.07) is 0. The van der Waals surface area contributed by atoms with E-state index in [1.165, 1.54) is 6.20 Å². The van der Waals surface area contributed by atoms with E-state index in [9.17, 15) is 8.42 Å². The van der Waals surface area contributed by atoms with Crippen molar-refractivity contribution in [2.24, 2.45) is 0 Å². The van der Waals surface area contributed by atoms with E-state index in [4.69, 9.17) is 10.7 Å². The normalized spacial score (nSPS) is 22.0. The van der Waals surface area contributed by atoms with Gasteiger partial charge in [0.1, 0.15) is 5.82 Å². The minimum absolute atomic E-state index is 0.126. The zero-order chi connectivity index (χ0) is 10.3. The molecule has 0 aliphatic carbocycles. The second-order valence-electron chi connectivity index (χ2n) is 3.59. The van der Waals surface area contributed by atoms with E-state index in [0.29, 0.717) is 12.5 Å². The summed E-state index contributed by atoms with van der Waals surface area (Å²) in [7, 11) is 1.64. The smallest absolute Gasteiger partial charge is 0.278 e. The third kappa shape index (κ3) is 1.54. The largest absolute Gasteiger partial charge is 0.318 e. The summed E-state index contributed by atoms with van der Waals surface area (Å²) in [6.07, 6.45) is 3.38. The fraction of sp³-hybridized carbons (Fsp3) is 0.625. The van der Waals surface area contributed by atoms with Gasteiger partial charge in [-0.15, -0.1) is 0 Å². The Hall–Kier alpha value is -0.550. The Kier molecular flexibility index (Phi) is 2.31. The number of rotatable bonds is 1. The molecule has 0 saturated carbocycles. The third-order valence-electron chi connectivity index (χ3n) is 2.56. The van der Waals surface area contributed by atoms with Crippen molar-refractivity contribution in [3.8, 4) is 0 Å². The summed E-state index contributed by atoms with van der Waals surface area (Å²) < 4.78 is 24.1. The topological polar surface area (TPSA) is 52.0 Å². The maximum Gasteiger partial charge on any atom is 0.278 e. The van der Waals surface area contributed by atoms with Gasteiger partial charge in [0, 0.05) is 23.1 Å². The molecule has 0 bridgehead atoms. The summed E-state index contributed by atoms with van der Waals surface area (Å²) in [5.74, 6) is 1.14. The highest BCUT2D eigenvalue weighted by Crippen LogP contribution is 2.29. The highest BCUT2D eigenvalue weighted by Gasteiger charge is 2.25. The predicted molar refractivity (Wildman–Crippen MR) is 52.9 cm³/mol. The fourth-order valence-electron chi connectivity index (χ4n) is 1.87. The SMILES string of the molecule is CC1CCCn2c(S(=O)(=O)Cl)cnc21. The van der Waals surface area contributed by atoms with Crippen molar-refractivity contribution < 1.29 is 8.42 Å². The molecule has 0 spiro atoms. The van der Waals surface area contributed by atoms with Crippen molar-refractivity contribution in [3.05, 3.63) is 12.0 Å². The lowest BCUT2D eigenvalue weighted by atomic mass is 10.0. The van der Waals surface area contributed by atoms with Gasteiger partial charge in [0.15, 0.2) is 5.03 Å². The van der Waals surface area contributed by atoms with Gasteiger partial charge in [0.25, 0.3) is 9.05 Å². The van der Waals surface area contributed by atoms with Crippen LogP contribution >= 0.6 is 10.7 Å². The van der Waals surface area contributed by atoms with E-state index in [2.05, 4.69) is 4.98 Å². The molecular weight excluding hydrogens is 224 g/mol. The Balaban J connectivity index is 2.57. The average molecular weight is 235 g/mol. The van der Waals surface area contributed by atoms with Gasteiger partial charge in [0.05, 0.1) is 6.20 Å². The Bertz CT molecular complexity index is 452. The number of halogens is 1. The molecule has 0 N–H and O–H groups in total. The van der Waals surface area contributed by atoms with Crippen LogP contribution in [0.3, 0.4) is 0 Å². The number of hydrogen-bond acceptors (Lipinski definition) is 3. The Labute approximate surface area is 87.3 Å². The first-order chi connectivity index (χ1) is 6.50. The lowest BCUT2D eigenvalue weighted by molar-refractivity contribution is 0.441. The zero-order valence-corrected chi connectivity index (χ0v) is 9.35. The molecule has 1 aromatic heterocycles. The molecule has 1 aliphatic rings. The van der Waals surface area contributed by atoms with Gasteiger partial charge in [-0.05, 0) is 12.8 Å². The first-order valence-electron chi connectivity index (χ1n) is 4.50. The van der Waals surface area contributed by atoms with E-state index >= 15 is 0 Å². The quantitative estimate of drug-likeness (QED) is 0.695. The second-order valence-corrected chi connectivity index (χ2v) is 6.10. The van der Waals surface area contributed by atoms with Crippen molar-refractivity contribution >= 4 is 19.7 Å². The van der Waals surface area contributed by atoms with Crippen LogP contribution < -0.4 is 0 Å². The monoisotopic (exact) mass is 234 g/mol. The summed E-state index contributed by atoms with van der Waals surface area (Å²) >= 11 is 0. The predicted octanol–water partition coefficient (Wildman–Crippen LogP) is 1.71. The van der Waals surface area contributed by atoms with Gasteiger partial charge in [-0.2, -0.15) is 0 Å². The van der Waals surface area contributed by atoms with Crippen LogP contribution in [-0.4, -0.2) is 18.0 Å². The molecular formula is C8H11ClN2O2S. The minimum atomic E-state index is -3.65. The van der Waals surface area contributed by atoms with Crippen molar-refractivity contribution in [1.29, 1.82) is 0 Å². The van der Waals surface area contributed by atoms with Crippen LogP contribution in [0.25, 0.3) is 0 Å². The van der Waals surface area contributed by atoms with Crippen molar-refractivity contribution in [2.75, 3.05) is 0 Å². The van der Waals surface area contributed by atoms with Crippen LogP contribution in [0.5, 0.6) is 0 Å². The first-order valence-corrected chi connectivity index (χ1v) is 6.81. The van der Waals surface area contributed by atoms with Crippen LogP contribution in [0.4, 0.5) is 0 Å². The fourth-order valence-corrected chi connectivity index (χ4v) is 2.87.